The molecule has 4 aromatic carbocycles. The van der Waals surface area contributed by atoms with Crippen LogP contribution in [0.4, 0.5) is 11.4 Å². The number of nitrogens with zero attached hydrogens (tertiary/aromatic N) is 2. The van der Waals surface area contributed by atoms with E-state index in [1.54, 1.807) is 6.21 Å². The van der Waals surface area contributed by atoms with E-state index in [-0.39, 0.29) is 11.0 Å². The molecule has 5 aromatic rings. The van der Waals surface area contributed by atoms with Crippen LogP contribution in [0.2, 0.25) is 0 Å². The van der Waals surface area contributed by atoms with Gasteiger partial charge < -0.3 is 9.32 Å². The van der Waals surface area contributed by atoms with Gasteiger partial charge in [0, 0.05) is 51.8 Å². The summed E-state index contributed by atoms with van der Waals surface area (Å²) in [5.74, 6) is 0.429. The molecule has 0 fully saturated rings. The maximum atomic E-state index is 13.9. The molecule has 1 atom stereocenters. The maximum Gasteiger partial charge on any atom is 0.345 e. The van der Waals surface area contributed by atoms with Crippen LogP contribution in [0.1, 0.15) is 56.2 Å². The molecule has 0 aliphatic carbocycles. The molecule has 0 saturated carbocycles. The second-order valence-corrected chi connectivity index (χ2v) is 12.3. The molecular weight excluding hydrogens is 512 g/mol. The summed E-state index contributed by atoms with van der Waals surface area (Å²) in [5, 5.41) is 3.05. The predicted octanol–water partition coefficient (Wildman–Crippen LogP) is 8.65. The monoisotopic (exact) mass is 544 g/mol. The highest BCUT2D eigenvalue weighted by molar-refractivity contribution is 7.80. The Balaban J connectivity index is 1.56. The minimum absolute atomic E-state index is 0.111. The Morgan fingerprint density at radius 3 is 2.60 bits per heavy atom. The van der Waals surface area contributed by atoms with E-state index in [2.05, 4.69) is 49.9 Å². The van der Waals surface area contributed by atoms with Gasteiger partial charge in [-0.3, -0.25) is 4.99 Å². The Bertz CT molecular complexity index is 1890. The number of fused-ring (bicyclic) bond motifs is 3. The molecule has 2 aliphatic rings. The van der Waals surface area contributed by atoms with Crippen molar-refractivity contribution < 1.29 is 4.42 Å². The topological polar surface area (TPSA) is 45.8 Å². The Morgan fingerprint density at radius 1 is 1.00 bits per heavy atom. The van der Waals surface area contributed by atoms with Crippen LogP contribution >= 0.6 is 12.6 Å². The van der Waals surface area contributed by atoms with Crippen LogP contribution in [0.3, 0.4) is 0 Å². The van der Waals surface area contributed by atoms with Crippen LogP contribution in [0.5, 0.6) is 0 Å². The minimum atomic E-state index is -0.371. The zero-order valence-electron chi connectivity index (χ0n) is 23.1. The second-order valence-electron chi connectivity index (χ2n) is 11.8. The van der Waals surface area contributed by atoms with Gasteiger partial charge >= 0.3 is 5.63 Å². The van der Waals surface area contributed by atoms with Gasteiger partial charge in [0.25, 0.3) is 0 Å². The van der Waals surface area contributed by atoms with Gasteiger partial charge in [-0.15, -0.1) is 12.6 Å². The fourth-order valence-corrected chi connectivity index (χ4v) is 6.88. The highest BCUT2D eigenvalue weighted by atomic mass is 32.1. The van der Waals surface area contributed by atoms with Gasteiger partial charge in [0.05, 0.1) is 11.3 Å². The van der Waals surface area contributed by atoms with Crippen molar-refractivity contribution in [2.24, 2.45) is 4.99 Å². The van der Waals surface area contributed by atoms with E-state index in [4.69, 9.17) is 22.0 Å². The van der Waals surface area contributed by atoms with E-state index in [9.17, 15) is 4.79 Å². The normalized spacial score (nSPS) is 18.0. The fraction of sp³-hybridized carbons (Fsp3) is 0.257. The molecular formula is C35H32N2O2S. The summed E-state index contributed by atoms with van der Waals surface area (Å²) in [7, 11) is 0. The van der Waals surface area contributed by atoms with Crippen molar-refractivity contribution >= 4 is 52.0 Å². The summed E-state index contributed by atoms with van der Waals surface area (Å²) in [6, 6.07) is 24.6. The minimum Gasteiger partial charge on any atom is -0.422 e. The Kier molecular flexibility index (Phi) is 5.90. The molecule has 0 spiro atoms. The van der Waals surface area contributed by atoms with E-state index in [0.29, 0.717) is 17.1 Å². The molecule has 3 heterocycles. The van der Waals surface area contributed by atoms with E-state index < -0.39 is 0 Å². The van der Waals surface area contributed by atoms with Gasteiger partial charge in [-0.25, -0.2) is 4.79 Å². The van der Waals surface area contributed by atoms with Crippen LogP contribution in [0.15, 0.2) is 91.9 Å². The molecule has 200 valence electrons. The SMILES string of the molecule is CC1CCN2CCC(C)(C)c3c2c1cc1c(-c2ccccc2)c(C=Nc2c(S)ccc4ccccc24)c(=O)oc31. The van der Waals surface area contributed by atoms with Crippen molar-refractivity contribution in [3.8, 4) is 11.1 Å². The van der Waals surface area contributed by atoms with E-state index in [0.717, 1.165) is 63.8 Å². The molecule has 0 saturated heterocycles. The summed E-state index contributed by atoms with van der Waals surface area (Å²) in [4.78, 5) is 22.1. The lowest BCUT2D eigenvalue weighted by Crippen LogP contribution is -2.41. The summed E-state index contributed by atoms with van der Waals surface area (Å²) in [5.41, 5.74) is 7.08. The molecule has 1 unspecified atom stereocenters. The van der Waals surface area contributed by atoms with Crippen molar-refractivity contribution in [3.05, 3.63) is 99.9 Å². The van der Waals surface area contributed by atoms with Gasteiger partial charge in [-0.2, -0.15) is 0 Å². The smallest absolute Gasteiger partial charge is 0.345 e. The van der Waals surface area contributed by atoms with Crippen molar-refractivity contribution in [1.82, 2.24) is 0 Å². The van der Waals surface area contributed by atoms with Crippen molar-refractivity contribution in [3.63, 3.8) is 0 Å². The van der Waals surface area contributed by atoms with Crippen LogP contribution in [0.25, 0.3) is 32.9 Å². The molecule has 5 heteroatoms. The van der Waals surface area contributed by atoms with E-state index in [1.165, 1.54) is 16.8 Å². The third-order valence-corrected chi connectivity index (χ3v) is 9.22. The highest BCUT2D eigenvalue weighted by Gasteiger charge is 2.39. The van der Waals surface area contributed by atoms with E-state index in [1.807, 2.05) is 48.5 Å². The number of thiol groups is 1. The summed E-state index contributed by atoms with van der Waals surface area (Å²) < 4.78 is 6.31. The summed E-state index contributed by atoms with van der Waals surface area (Å²) in [6.45, 7) is 8.96. The lowest BCUT2D eigenvalue weighted by Gasteiger charge is -2.45. The molecule has 7 rings (SSSR count). The molecule has 40 heavy (non-hydrogen) atoms. The van der Waals surface area contributed by atoms with Crippen LogP contribution in [-0.4, -0.2) is 19.3 Å². The maximum absolute atomic E-state index is 13.9. The highest BCUT2D eigenvalue weighted by Crippen LogP contribution is 2.51. The number of anilines is 1. The molecule has 0 amide bonds. The first-order chi connectivity index (χ1) is 19.3. The average molecular weight is 545 g/mol. The van der Waals surface area contributed by atoms with Gasteiger partial charge in [0.1, 0.15) is 5.58 Å². The molecule has 0 bridgehead atoms. The number of rotatable bonds is 3. The fourth-order valence-electron chi connectivity index (χ4n) is 6.63. The molecule has 4 nitrogen and oxygen atoms in total. The predicted molar refractivity (Wildman–Crippen MR) is 169 cm³/mol. The molecule has 1 aromatic heterocycles. The first kappa shape index (κ1) is 25.2. The van der Waals surface area contributed by atoms with Gasteiger partial charge in [-0.05, 0) is 52.8 Å². The largest absolute Gasteiger partial charge is 0.422 e. The standard InChI is InChI=1S/C35H32N2O2S/c1-21-15-17-37-18-16-35(2,3)30-32(37)25(21)19-26-29(23-10-5-4-6-11-23)27(34(38)39-33(26)30)20-36-31-24-12-8-7-9-22(24)13-14-28(31)40/h4-14,19-21,40H,15-18H2,1-3H3. The average Bonchev–Trinajstić information content (AvgIpc) is 2.95. The van der Waals surface area contributed by atoms with Crippen LogP contribution in [-0.2, 0) is 5.41 Å². The zero-order valence-corrected chi connectivity index (χ0v) is 24.0. The van der Waals surface area contributed by atoms with Crippen molar-refractivity contribution in [2.45, 2.75) is 49.8 Å². The third kappa shape index (κ3) is 3.90. The Labute approximate surface area is 239 Å². The number of hydrogen-bond donors (Lipinski definition) is 1. The number of benzene rings is 4. The quantitative estimate of drug-likeness (QED) is 0.140. The lowest BCUT2D eigenvalue weighted by molar-refractivity contribution is 0.431. The van der Waals surface area contributed by atoms with Crippen LogP contribution in [0, 0.1) is 0 Å². The zero-order chi connectivity index (χ0) is 27.6. The second kappa shape index (κ2) is 9.38. The lowest BCUT2D eigenvalue weighted by atomic mass is 9.72. The third-order valence-electron chi connectivity index (χ3n) is 8.86. The first-order valence-corrected chi connectivity index (χ1v) is 14.5. The number of aliphatic imine (C=N–C) groups is 1. The molecule has 0 N–H and O–H groups in total. The Hall–Kier alpha value is -3.83. The molecule has 2 aliphatic heterocycles. The molecule has 0 radical (unpaired) electrons. The summed E-state index contributed by atoms with van der Waals surface area (Å²) in [6.07, 6.45) is 3.82. The van der Waals surface area contributed by atoms with Gasteiger partial charge in [-0.1, -0.05) is 81.4 Å². The number of hydrogen-bond acceptors (Lipinski definition) is 5. The van der Waals surface area contributed by atoms with Crippen molar-refractivity contribution in [1.29, 1.82) is 0 Å². The Morgan fingerprint density at radius 2 is 1.77 bits per heavy atom. The van der Waals surface area contributed by atoms with E-state index >= 15 is 0 Å². The van der Waals surface area contributed by atoms with Crippen LogP contribution < -0.4 is 10.5 Å². The summed E-state index contributed by atoms with van der Waals surface area (Å²) >= 11 is 4.71. The van der Waals surface area contributed by atoms with Crippen molar-refractivity contribution in [2.75, 3.05) is 18.0 Å². The first-order valence-electron chi connectivity index (χ1n) is 14.1. The van der Waals surface area contributed by atoms with Gasteiger partial charge in [0.15, 0.2) is 0 Å². The van der Waals surface area contributed by atoms with Gasteiger partial charge in [0.2, 0.25) is 0 Å².